The highest BCUT2D eigenvalue weighted by molar-refractivity contribution is 5.91. The van der Waals surface area contributed by atoms with Gasteiger partial charge in [0.05, 0.1) is 18.0 Å². The molecule has 128 valence electrons. The third-order valence-electron chi connectivity index (χ3n) is 3.59. The van der Waals surface area contributed by atoms with E-state index in [1.54, 1.807) is 32.9 Å². The van der Waals surface area contributed by atoms with Crippen molar-refractivity contribution in [1.82, 2.24) is 9.97 Å². The summed E-state index contributed by atoms with van der Waals surface area (Å²) in [7, 11) is 0. The summed E-state index contributed by atoms with van der Waals surface area (Å²) in [5, 5.41) is 12.6. The van der Waals surface area contributed by atoms with Crippen molar-refractivity contribution in [2.24, 2.45) is 0 Å². The average molecular weight is 329 g/mol. The summed E-state index contributed by atoms with van der Waals surface area (Å²) >= 11 is 0. The number of rotatable bonds is 7. The highest BCUT2D eigenvalue weighted by atomic mass is 16.5. The number of phenolic OH excluding ortho intramolecular Hbond substituents is 1. The maximum Gasteiger partial charge on any atom is 0.341 e. The molecule has 1 aromatic heterocycles. The molecular weight excluding hydrogens is 306 g/mol. The van der Waals surface area contributed by atoms with Gasteiger partial charge in [0.1, 0.15) is 11.3 Å². The first-order valence-corrected chi connectivity index (χ1v) is 8.05. The first-order chi connectivity index (χ1) is 11.5. The van der Waals surface area contributed by atoms with Crippen molar-refractivity contribution < 1.29 is 14.6 Å². The standard InChI is InChI=1S/C18H23N3O3/c1-4-24-17(23)16-12(2)20-18(21-13(16)3)19-10-6-8-14-7-5-9-15(22)11-14/h5,7,9,11,22H,4,6,8,10H2,1-3H3,(H,19,20,21). The summed E-state index contributed by atoms with van der Waals surface area (Å²) in [6.07, 6.45) is 1.73. The normalized spacial score (nSPS) is 10.5. The van der Waals surface area contributed by atoms with E-state index in [4.69, 9.17) is 4.74 Å². The number of hydrogen-bond donors (Lipinski definition) is 2. The van der Waals surface area contributed by atoms with Gasteiger partial charge in [-0.05, 0) is 51.3 Å². The number of carbonyl (C=O) groups is 1. The average Bonchev–Trinajstić information content (AvgIpc) is 2.51. The zero-order chi connectivity index (χ0) is 17.5. The van der Waals surface area contributed by atoms with Gasteiger partial charge >= 0.3 is 5.97 Å². The molecular formula is C18H23N3O3. The number of aryl methyl sites for hydroxylation is 3. The van der Waals surface area contributed by atoms with E-state index in [-0.39, 0.29) is 11.7 Å². The van der Waals surface area contributed by atoms with Gasteiger partial charge in [0.15, 0.2) is 0 Å². The van der Waals surface area contributed by atoms with Crippen molar-refractivity contribution in [1.29, 1.82) is 0 Å². The van der Waals surface area contributed by atoms with Gasteiger partial charge in [0.2, 0.25) is 5.95 Å². The minimum absolute atomic E-state index is 0.282. The summed E-state index contributed by atoms with van der Waals surface area (Å²) in [6.45, 7) is 6.35. The molecule has 2 N–H and O–H groups in total. The van der Waals surface area contributed by atoms with Gasteiger partial charge in [-0.2, -0.15) is 0 Å². The highest BCUT2D eigenvalue weighted by Crippen LogP contribution is 2.15. The molecule has 6 heteroatoms. The summed E-state index contributed by atoms with van der Waals surface area (Å²) in [6, 6.07) is 7.24. The van der Waals surface area contributed by atoms with E-state index in [0.717, 1.165) is 18.4 Å². The highest BCUT2D eigenvalue weighted by Gasteiger charge is 2.16. The molecule has 1 heterocycles. The fourth-order valence-corrected chi connectivity index (χ4v) is 2.50. The number of nitrogens with zero attached hydrogens (tertiary/aromatic N) is 2. The van der Waals surface area contributed by atoms with Crippen LogP contribution in [0.5, 0.6) is 5.75 Å². The second-order valence-electron chi connectivity index (χ2n) is 5.51. The molecule has 0 unspecified atom stereocenters. The van der Waals surface area contributed by atoms with Crippen LogP contribution in [0.1, 0.15) is 40.7 Å². The number of ether oxygens (including phenoxy) is 1. The molecule has 0 spiro atoms. The van der Waals surface area contributed by atoms with Gasteiger partial charge in [-0.1, -0.05) is 12.1 Å². The van der Waals surface area contributed by atoms with Crippen molar-refractivity contribution in [3.8, 4) is 5.75 Å². The van der Waals surface area contributed by atoms with Gasteiger partial charge in [-0.25, -0.2) is 14.8 Å². The van der Waals surface area contributed by atoms with Gasteiger partial charge in [0, 0.05) is 6.54 Å². The number of hydrogen-bond acceptors (Lipinski definition) is 6. The molecule has 24 heavy (non-hydrogen) atoms. The van der Waals surface area contributed by atoms with E-state index in [9.17, 15) is 9.90 Å². The lowest BCUT2D eigenvalue weighted by Crippen LogP contribution is -2.14. The second kappa shape index (κ2) is 8.29. The Morgan fingerprint density at radius 3 is 2.58 bits per heavy atom. The smallest absolute Gasteiger partial charge is 0.341 e. The molecule has 0 bridgehead atoms. The van der Waals surface area contributed by atoms with Crippen LogP contribution >= 0.6 is 0 Å². The largest absolute Gasteiger partial charge is 0.508 e. The molecule has 0 radical (unpaired) electrons. The maximum atomic E-state index is 11.9. The Morgan fingerprint density at radius 1 is 1.25 bits per heavy atom. The van der Waals surface area contributed by atoms with Crippen molar-refractivity contribution in [3.05, 3.63) is 46.8 Å². The first kappa shape index (κ1) is 17.7. The van der Waals surface area contributed by atoms with Crippen LogP contribution in [0.2, 0.25) is 0 Å². The Bertz CT molecular complexity index is 693. The Kier molecular flexibility index (Phi) is 6.12. The van der Waals surface area contributed by atoms with Crippen molar-refractivity contribution >= 4 is 11.9 Å². The SMILES string of the molecule is CCOC(=O)c1c(C)nc(NCCCc2cccc(O)c2)nc1C. The third-order valence-corrected chi connectivity index (χ3v) is 3.59. The predicted octanol–water partition coefficient (Wildman–Crippen LogP) is 3.02. The Balaban J connectivity index is 1.92. The van der Waals surface area contributed by atoms with Gasteiger partial charge in [-0.3, -0.25) is 0 Å². The molecule has 2 rings (SSSR count). The Labute approximate surface area is 141 Å². The fourth-order valence-electron chi connectivity index (χ4n) is 2.50. The second-order valence-corrected chi connectivity index (χ2v) is 5.51. The van der Waals surface area contributed by atoms with Gasteiger partial charge in [0.25, 0.3) is 0 Å². The van der Waals surface area contributed by atoms with Crippen molar-refractivity contribution in [2.75, 3.05) is 18.5 Å². The molecule has 2 aromatic rings. The van der Waals surface area contributed by atoms with Crippen LogP contribution in [0.25, 0.3) is 0 Å². The van der Waals surface area contributed by atoms with E-state index in [1.807, 2.05) is 12.1 Å². The minimum atomic E-state index is -0.386. The lowest BCUT2D eigenvalue weighted by atomic mass is 10.1. The Hall–Kier alpha value is -2.63. The summed E-state index contributed by atoms with van der Waals surface area (Å²) in [4.78, 5) is 20.6. The van der Waals surface area contributed by atoms with Crippen LogP contribution in [0.4, 0.5) is 5.95 Å². The number of nitrogens with one attached hydrogen (secondary N) is 1. The van der Waals surface area contributed by atoms with Gasteiger partial charge in [-0.15, -0.1) is 0 Å². The number of phenols is 1. The molecule has 0 fully saturated rings. The van der Waals surface area contributed by atoms with E-state index in [2.05, 4.69) is 15.3 Å². The van der Waals surface area contributed by atoms with Crippen LogP contribution < -0.4 is 5.32 Å². The minimum Gasteiger partial charge on any atom is -0.508 e. The molecule has 0 saturated heterocycles. The topological polar surface area (TPSA) is 84.3 Å². The molecule has 0 aliphatic rings. The maximum absolute atomic E-state index is 11.9. The molecule has 1 aromatic carbocycles. The number of carbonyl (C=O) groups excluding carboxylic acids is 1. The lowest BCUT2D eigenvalue weighted by molar-refractivity contribution is 0.0523. The van der Waals surface area contributed by atoms with E-state index in [0.29, 0.717) is 36.1 Å². The lowest BCUT2D eigenvalue weighted by Gasteiger charge is -2.11. The summed E-state index contributed by atoms with van der Waals surface area (Å²) in [5.74, 6) is 0.404. The number of aromatic hydroxyl groups is 1. The summed E-state index contributed by atoms with van der Waals surface area (Å²) < 4.78 is 5.03. The first-order valence-electron chi connectivity index (χ1n) is 8.05. The Morgan fingerprint density at radius 2 is 1.96 bits per heavy atom. The van der Waals surface area contributed by atoms with E-state index >= 15 is 0 Å². The summed E-state index contributed by atoms with van der Waals surface area (Å²) in [5.41, 5.74) is 2.73. The number of esters is 1. The van der Waals surface area contributed by atoms with Crippen LogP contribution in [-0.4, -0.2) is 34.2 Å². The molecule has 0 saturated carbocycles. The molecule has 0 aliphatic heterocycles. The molecule has 0 amide bonds. The third kappa shape index (κ3) is 4.68. The quantitative estimate of drug-likeness (QED) is 0.600. The predicted molar refractivity (Wildman–Crippen MR) is 92.4 cm³/mol. The molecule has 6 nitrogen and oxygen atoms in total. The fraction of sp³-hybridized carbons (Fsp3) is 0.389. The van der Waals surface area contributed by atoms with Crippen LogP contribution in [0, 0.1) is 13.8 Å². The van der Waals surface area contributed by atoms with Crippen molar-refractivity contribution in [3.63, 3.8) is 0 Å². The zero-order valence-corrected chi connectivity index (χ0v) is 14.3. The van der Waals surface area contributed by atoms with Crippen LogP contribution in [0.3, 0.4) is 0 Å². The van der Waals surface area contributed by atoms with Crippen LogP contribution in [-0.2, 0) is 11.2 Å². The monoisotopic (exact) mass is 329 g/mol. The molecule has 0 atom stereocenters. The van der Waals surface area contributed by atoms with Crippen molar-refractivity contribution in [2.45, 2.75) is 33.6 Å². The number of anilines is 1. The van der Waals surface area contributed by atoms with Crippen LogP contribution in [0.15, 0.2) is 24.3 Å². The number of benzene rings is 1. The molecule has 0 aliphatic carbocycles. The zero-order valence-electron chi connectivity index (χ0n) is 14.3. The van der Waals surface area contributed by atoms with E-state index < -0.39 is 0 Å². The van der Waals surface area contributed by atoms with Gasteiger partial charge < -0.3 is 15.2 Å². The number of aromatic nitrogens is 2. The van der Waals surface area contributed by atoms with E-state index in [1.165, 1.54) is 0 Å².